The molecule has 3 nitrogen and oxygen atoms in total. The van der Waals surface area contributed by atoms with E-state index in [1.165, 1.54) is 32.1 Å². The number of ether oxygens (including phenoxy) is 1. The fourth-order valence-electron chi connectivity index (χ4n) is 6.20. The van der Waals surface area contributed by atoms with Crippen molar-refractivity contribution >= 4 is 9.24 Å². The third kappa shape index (κ3) is 1.75. The maximum Gasteiger partial charge on any atom is 0.260 e. The second-order valence-corrected chi connectivity index (χ2v) is 8.21. The van der Waals surface area contributed by atoms with Gasteiger partial charge in [0.15, 0.2) is 5.60 Å². The molecule has 4 bridgehead atoms. The van der Waals surface area contributed by atoms with Gasteiger partial charge in [-0.15, -0.1) is 9.24 Å². The zero-order chi connectivity index (χ0) is 16.5. The largest absolute Gasteiger partial charge is 0.345 e. The molecule has 5 aliphatic rings. The Morgan fingerprint density at radius 3 is 2.39 bits per heavy atom. The van der Waals surface area contributed by atoms with Crippen molar-refractivity contribution in [2.24, 2.45) is 23.7 Å². The molecule has 23 heavy (non-hydrogen) atoms. The van der Waals surface area contributed by atoms with Crippen molar-refractivity contribution in [2.75, 3.05) is 7.11 Å². The van der Waals surface area contributed by atoms with Crippen LogP contribution < -0.4 is 0 Å². The van der Waals surface area contributed by atoms with Gasteiger partial charge in [0.25, 0.3) is 5.79 Å². The Kier molecular flexibility index (Phi) is 3.01. The topological polar surface area (TPSA) is 27.7 Å². The highest BCUT2D eigenvalue weighted by atomic mass is 31.0. The lowest BCUT2D eigenvalue weighted by molar-refractivity contribution is -0.645. The van der Waals surface area contributed by atoms with Gasteiger partial charge in [-0.25, -0.2) is 4.89 Å². The first-order chi connectivity index (χ1) is 11.6. The van der Waals surface area contributed by atoms with E-state index in [4.69, 9.17) is 15.9 Å². The second-order valence-electron chi connectivity index (χ2n) is 7.88. The minimum atomic E-state index is -0.814. The van der Waals surface area contributed by atoms with Crippen LogP contribution in [-0.4, -0.2) is 12.7 Å². The van der Waals surface area contributed by atoms with Crippen LogP contribution in [0.3, 0.4) is 0 Å². The first-order valence-electron chi connectivity index (χ1n) is 9.37. The molecule has 1 aromatic rings. The average Bonchev–Trinajstić information content (AvgIpc) is 2.54. The lowest BCUT2D eigenvalue weighted by atomic mass is 9.47. The minimum Gasteiger partial charge on any atom is -0.345 e. The highest BCUT2D eigenvalue weighted by Gasteiger charge is 2.76. The van der Waals surface area contributed by atoms with Crippen LogP contribution >= 0.6 is 9.24 Å². The molecule has 1 aromatic carbocycles. The summed E-state index contributed by atoms with van der Waals surface area (Å²) in [6, 6.07) is 8.11. The van der Waals surface area contributed by atoms with Gasteiger partial charge in [-0.05, 0) is 73.5 Å². The predicted molar refractivity (Wildman–Crippen MR) is 90.5 cm³/mol. The lowest BCUT2D eigenvalue weighted by Crippen LogP contribution is -2.76. The van der Waals surface area contributed by atoms with Crippen molar-refractivity contribution in [3.63, 3.8) is 0 Å². The maximum absolute atomic E-state index is 8.00. The van der Waals surface area contributed by atoms with Gasteiger partial charge in [0, 0.05) is 14.0 Å². The van der Waals surface area contributed by atoms with E-state index in [-0.39, 0.29) is 11.7 Å². The molecule has 1 spiro atoms. The zero-order valence-electron chi connectivity index (χ0n) is 14.5. The van der Waals surface area contributed by atoms with Gasteiger partial charge in [0.05, 0.1) is 0 Å². The van der Waals surface area contributed by atoms with Crippen molar-refractivity contribution in [2.45, 2.75) is 49.6 Å². The number of benzene rings is 1. The van der Waals surface area contributed by atoms with Crippen molar-refractivity contribution in [1.29, 1.82) is 0 Å². The van der Waals surface area contributed by atoms with E-state index >= 15 is 0 Å². The van der Waals surface area contributed by atoms with Gasteiger partial charge in [-0.2, -0.15) is 4.89 Å². The Morgan fingerprint density at radius 2 is 1.87 bits per heavy atom. The molecule has 1 saturated heterocycles. The summed E-state index contributed by atoms with van der Waals surface area (Å²) in [5.41, 5.74) is 1.62. The number of hydrogen-bond acceptors (Lipinski definition) is 3. The molecule has 0 aromatic heterocycles. The number of rotatable bonds is 3. The van der Waals surface area contributed by atoms with Gasteiger partial charge in [-0.1, -0.05) is 18.2 Å². The molecule has 5 fully saturated rings. The van der Waals surface area contributed by atoms with E-state index in [2.05, 4.69) is 21.4 Å². The van der Waals surface area contributed by atoms with E-state index in [1.807, 2.05) is 12.1 Å². The highest BCUT2D eigenvalue weighted by molar-refractivity contribution is 7.15. The van der Waals surface area contributed by atoms with E-state index in [1.54, 1.807) is 7.11 Å². The van der Waals surface area contributed by atoms with Crippen LogP contribution in [0.4, 0.5) is 0 Å². The van der Waals surface area contributed by atoms with Gasteiger partial charge < -0.3 is 4.74 Å². The zero-order valence-corrected chi connectivity index (χ0v) is 14.7. The Labute approximate surface area is 141 Å². The predicted octanol–water partition coefficient (Wildman–Crippen LogP) is 4.02. The first kappa shape index (κ1) is 13.8. The molecule has 1 heterocycles. The summed E-state index contributed by atoms with van der Waals surface area (Å²) in [6.07, 6.45) is 6.04. The van der Waals surface area contributed by atoms with E-state index in [0.717, 1.165) is 23.0 Å². The van der Waals surface area contributed by atoms with Gasteiger partial charge >= 0.3 is 0 Å². The van der Waals surface area contributed by atoms with Crippen LogP contribution in [-0.2, 0) is 26.4 Å². The van der Waals surface area contributed by atoms with Crippen LogP contribution in [0.15, 0.2) is 24.3 Å². The molecule has 4 heteroatoms. The molecule has 6 rings (SSSR count). The molecule has 1 aliphatic heterocycles. The molecule has 4 saturated carbocycles. The molecular weight excluding hydrogens is 307 g/mol. The Balaban J connectivity index is 1.60. The van der Waals surface area contributed by atoms with Crippen LogP contribution in [0.5, 0.6) is 0 Å². The van der Waals surface area contributed by atoms with Crippen LogP contribution in [0.2, 0.25) is 0 Å². The van der Waals surface area contributed by atoms with Crippen LogP contribution in [0.25, 0.3) is 0 Å². The molecule has 3 unspecified atom stereocenters. The quantitative estimate of drug-likeness (QED) is 0.618. The van der Waals surface area contributed by atoms with Gasteiger partial charge in [0.2, 0.25) is 0 Å². The number of methoxy groups -OCH3 is 1. The van der Waals surface area contributed by atoms with Crippen molar-refractivity contribution in [3.05, 3.63) is 35.4 Å². The van der Waals surface area contributed by atoms with E-state index < -0.39 is 5.79 Å². The summed E-state index contributed by atoms with van der Waals surface area (Å²) in [7, 11) is 4.28. The van der Waals surface area contributed by atoms with Gasteiger partial charge in [0.1, 0.15) is 0 Å². The summed E-state index contributed by atoms with van der Waals surface area (Å²) in [4.78, 5) is 11.8. The van der Waals surface area contributed by atoms with Crippen molar-refractivity contribution < 1.29 is 15.9 Å². The summed E-state index contributed by atoms with van der Waals surface area (Å²) < 4.78 is 14.1. The van der Waals surface area contributed by atoms with Crippen molar-refractivity contribution in [3.8, 4) is 0 Å². The van der Waals surface area contributed by atoms with Crippen LogP contribution in [0, 0.1) is 23.7 Å². The Morgan fingerprint density at radius 1 is 1.17 bits per heavy atom. The summed E-state index contributed by atoms with van der Waals surface area (Å²) >= 11 is 0. The van der Waals surface area contributed by atoms with E-state index in [0.29, 0.717) is 11.8 Å². The normalized spacial score (nSPS) is 49.0. The lowest BCUT2D eigenvalue weighted by Gasteiger charge is -2.68. The molecule has 4 aliphatic carbocycles. The Bertz CT molecular complexity index is 632. The van der Waals surface area contributed by atoms with Gasteiger partial charge in [-0.3, -0.25) is 0 Å². The highest BCUT2D eigenvalue weighted by Crippen LogP contribution is 2.69. The van der Waals surface area contributed by atoms with Crippen LogP contribution in [0.1, 0.15) is 44.6 Å². The molecule has 124 valence electrons. The SMILES string of the molecule is [2H]C(P)c1cccc(C2(OC)OOC23C2CC4CC(C2)CC3C4)c1. The third-order valence-corrected chi connectivity index (χ3v) is 7.29. The molecule has 0 N–H and O–H groups in total. The Hall–Kier alpha value is -0.470. The van der Waals surface area contributed by atoms with Crippen molar-refractivity contribution in [1.82, 2.24) is 0 Å². The molecular formula is C19H25O3P. The smallest absolute Gasteiger partial charge is 0.260 e. The number of hydrogen-bond donors (Lipinski definition) is 0. The fraction of sp³-hybridized carbons (Fsp3) is 0.684. The molecule has 3 atom stereocenters. The third-order valence-electron chi connectivity index (χ3n) is 6.91. The minimum absolute atomic E-state index is 0.339. The first-order valence-corrected chi connectivity index (χ1v) is 9.46. The fourth-order valence-corrected chi connectivity index (χ4v) is 6.41. The molecule has 0 amide bonds. The maximum atomic E-state index is 8.00. The van der Waals surface area contributed by atoms with E-state index in [9.17, 15) is 0 Å². The summed E-state index contributed by atoms with van der Waals surface area (Å²) in [6.45, 7) is 0. The summed E-state index contributed by atoms with van der Waals surface area (Å²) in [5.74, 6) is 1.97. The summed E-state index contributed by atoms with van der Waals surface area (Å²) in [5, 5.41) is 0. The molecule has 0 radical (unpaired) electrons. The monoisotopic (exact) mass is 333 g/mol. The average molecular weight is 333 g/mol. The standard InChI is InChI=1S/C19H25O3P/c1-20-19(15-4-2-3-12(6-15)11-23)18(21-22-19)16-7-13-5-14(9-16)10-17(18)8-13/h2-4,6,13-14,16-17H,5,7-11,23H2,1H3/i11D. The second kappa shape index (κ2) is 5.02.